The molecule has 0 saturated carbocycles. The van der Waals surface area contributed by atoms with Gasteiger partial charge in [-0.05, 0) is 6.92 Å². The minimum absolute atomic E-state index is 0.307. The van der Waals surface area contributed by atoms with E-state index in [4.69, 9.17) is 0 Å². The summed E-state index contributed by atoms with van der Waals surface area (Å²) in [6.45, 7) is 2.48. The number of carbonyl (C=O) groups is 3. The van der Waals surface area contributed by atoms with E-state index in [1.165, 1.54) is 18.7 Å². The van der Waals surface area contributed by atoms with Crippen molar-refractivity contribution in [1.29, 1.82) is 0 Å². The van der Waals surface area contributed by atoms with E-state index in [2.05, 4.69) is 10.1 Å². The van der Waals surface area contributed by atoms with Gasteiger partial charge >= 0.3 is 5.97 Å². The molecule has 1 unspecified atom stereocenters. The number of carbonyl (C=O) groups excluding carboxylic acids is 3. The Morgan fingerprint density at radius 2 is 1.87 bits per heavy atom. The van der Waals surface area contributed by atoms with Gasteiger partial charge in [-0.1, -0.05) is 0 Å². The maximum Gasteiger partial charge on any atom is 0.328 e. The van der Waals surface area contributed by atoms with Crippen LogP contribution in [0.3, 0.4) is 0 Å². The number of hydrogen-bond donors (Lipinski definition) is 1. The maximum atomic E-state index is 11.2. The molecule has 0 spiro atoms. The van der Waals surface area contributed by atoms with E-state index in [-0.39, 0.29) is 18.4 Å². The summed E-state index contributed by atoms with van der Waals surface area (Å²) in [6.07, 6.45) is 0. The second-order valence-electron chi connectivity index (χ2n) is 3.32. The lowest BCUT2D eigenvalue weighted by atomic mass is 10.3. The van der Waals surface area contributed by atoms with Crippen LogP contribution in [0.4, 0.5) is 0 Å². The number of rotatable bonds is 4. The number of hydrogen-bond acceptors (Lipinski definition) is 4. The molecule has 0 heterocycles. The minimum Gasteiger partial charge on any atom is -0.454 e. The van der Waals surface area contributed by atoms with Gasteiger partial charge in [-0.15, -0.1) is 0 Å². The topological polar surface area (TPSA) is 75.7 Å². The first kappa shape index (κ1) is 13.4. The molecule has 6 heteroatoms. The standard InChI is InChI=1S/C9H16N2O4/c1-6(10-7(2)12)9(14)15-5-8(13)11(3)4/h6H,5H2,1-4H3,(H,10,12). The summed E-state index contributed by atoms with van der Waals surface area (Å²) in [5, 5.41) is 2.36. The van der Waals surface area contributed by atoms with E-state index in [1.807, 2.05) is 0 Å². The summed E-state index contributed by atoms with van der Waals surface area (Å²) in [7, 11) is 3.13. The van der Waals surface area contributed by atoms with Crippen LogP contribution >= 0.6 is 0 Å². The highest BCUT2D eigenvalue weighted by atomic mass is 16.5. The molecule has 0 aliphatic rings. The lowest BCUT2D eigenvalue weighted by molar-refractivity contribution is -0.153. The highest BCUT2D eigenvalue weighted by Crippen LogP contribution is 1.89. The molecular formula is C9H16N2O4. The first-order valence-electron chi connectivity index (χ1n) is 4.48. The number of likely N-dealkylation sites (N-methyl/N-ethyl adjacent to an activating group) is 1. The lowest BCUT2D eigenvalue weighted by Gasteiger charge is -2.13. The first-order valence-corrected chi connectivity index (χ1v) is 4.48. The number of esters is 1. The first-order chi connectivity index (χ1) is 6.84. The van der Waals surface area contributed by atoms with E-state index in [0.717, 1.165) is 0 Å². The van der Waals surface area contributed by atoms with Crippen LogP contribution in [-0.2, 0) is 19.1 Å². The molecule has 0 radical (unpaired) electrons. The second kappa shape index (κ2) is 6.00. The lowest BCUT2D eigenvalue weighted by Crippen LogP contribution is -2.39. The molecular weight excluding hydrogens is 200 g/mol. The van der Waals surface area contributed by atoms with Gasteiger partial charge < -0.3 is 15.0 Å². The smallest absolute Gasteiger partial charge is 0.328 e. The third-order valence-corrected chi connectivity index (χ3v) is 1.61. The fourth-order valence-corrected chi connectivity index (χ4v) is 0.751. The monoisotopic (exact) mass is 216 g/mol. The molecule has 86 valence electrons. The van der Waals surface area contributed by atoms with Crippen molar-refractivity contribution in [3.8, 4) is 0 Å². The molecule has 0 aliphatic carbocycles. The van der Waals surface area contributed by atoms with Gasteiger partial charge in [0.1, 0.15) is 6.04 Å². The van der Waals surface area contributed by atoms with Gasteiger partial charge in [0.2, 0.25) is 5.91 Å². The Hall–Kier alpha value is -1.59. The summed E-state index contributed by atoms with van der Waals surface area (Å²) in [5.74, 6) is -1.25. The number of ether oxygens (including phenoxy) is 1. The summed E-state index contributed by atoms with van der Waals surface area (Å²) in [5.41, 5.74) is 0. The maximum absolute atomic E-state index is 11.2. The molecule has 15 heavy (non-hydrogen) atoms. The van der Waals surface area contributed by atoms with Gasteiger partial charge in [0.05, 0.1) is 0 Å². The predicted octanol–water partition coefficient (Wildman–Crippen LogP) is -0.858. The molecule has 2 amide bonds. The number of nitrogens with zero attached hydrogens (tertiary/aromatic N) is 1. The Morgan fingerprint density at radius 1 is 1.33 bits per heavy atom. The average molecular weight is 216 g/mol. The fraction of sp³-hybridized carbons (Fsp3) is 0.667. The molecule has 0 aromatic heterocycles. The van der Waals surface area contributed by atoms with E-state index >= 15 is 0 Å². The largest absolute Gasteiger partial charge is 0.454 e. The van der Waals surface area contributed by atoms with Crippen LogP contribution in [0.15, 0.2) is 0 Å². The zero-order chi connectivity index (χ0) is 12.0. The molecule has 1 N–H and O–H groups in total. The van der Waals surface area contributed by atoms with Crippen LogP contribution in [0.5, 0.6) is 0 Å². The summed E-state index contributed by atoms with van der Waals surface area (Å²) < 4.78 is 4.68. The molecule has 6 nitrogen and oxygen atoms in total. The molecule has 0 bridgehead atoms. The highest BCUT2D eigenvalue weighted by molar-refractivity contribution is 5.85. The van der Waals surface area contributed by atoms with Crippen molar-refractivity contribution in [3.63, 3.8) is 0 Å². The quantitative estimate of drug-likeness (QED) is 0.621. The minimum atomic E-state index is -0.738. The van der Waals surface area contributed by atoms with Crippen molar-refractivity contribution in [2.75, 3.05) is 20.7 Å². The predicted molar refractivity (Wildman–Crippen MR) is 52.9 cm³/mol. The fourth-order valence-electron chi connectivity index (χ4n) is 0.751. The number of amides is 2. The summed E-state index contributed by atoms with van der Waals surface area (Å²) in [6, 6.07) is -0.738. The van der Waals surface area contributed by atoms with Gasteiger partial charge in [-0.3, -0.25) is 9.59 Å². The third-order valence-electron chi connectivity index (χ3n) is 1.61. The normalized spacial score (nSPS) is 11.5. The van der Waals surface area contributed by atoms with Gasteiger partial charge in [0.15, 0.2) is 6.61 Å². The molecule has 0 aliphatic heterocycles. The van der Waals surface area contributed by atoms with E-state index in [9.17, 15) is 14.4 Å². The molecule has 0 fully saturated rings. The molecule has 0 aromatic carbocycles. The molecule has 1 atom stereocenters. The zero-order valence-electron chi connectivity index (χ0n) is 9.36. The third kappa shape index (κ3) is 5.66. The Balaban J connectivity index is 3.93. The summed E-state index contributed by atoms with van der Waals surface area (Å²) >= 11 is 0. The Bertz CT molecular complexity index is 263. The summed E-state index contributed by atoms with van der Waals surface area (Å²) in [4.78, 5) is 34.2. The second-order valence-corrected chi connectivity index (χ2v) is 3.32. The van der Waals surface area contributed by atoms with E-state index in [1.54, 1.807) is 14.1 Å². The van der Waals surface area contributed by atoms with Crippen molar-refractivity contribution < 1.29 is 19.1 Å². The van der Waals surface area contributed by atoms with Crippen molar-refractivity contribution in [2.45, 2.75) is 19.9 Å². The molecule has 0 saturated heterocycles. The van der Waals surface area contributed by atoms with E-state index < -0.39 is 12.0 Å². The highest BCUT2D eigenvalue weighted by Gasteiger charge is 2.16. The van der Waals surface area contributed by atoms with Crippen molar-refractivity contribution >= 4 is 17.8 Å². The van der Waals surface area contributed by atoms with Gasteiger partial charge in [0, 0.05) is 21.0 Å². The zero-order valence-corrected chi connectivity index (χ0v) is 9.36. The molecule has 0 aromatic rings. The van der Waals surface area contributed by atoms with Crippen LogP contribution in [0.2, 0.25) is 0 Å². The van der Waals surface area contributed by atoms with Crippen LogP contribution in [0.1, 0.15) is 13.8 Å². The van der Waals surface area contributed by atoms with Crippen LogP contribution in [0.25, 0.3) is 0 Å². The average Bonchev–Trinajstić information content (AvgIpc) is 2.12. The van der Waals surface area contributed by atoms with Crippen LogP contribution in [0, 0.1) is 0 Å². The number of nitrogens with one attached hydrogen (secondary N) is 1. The van der Waals surface area contributed by atoms with Crippen LogP contribution in [-0.4, -0.2) is 49.4 Å². The van der Waals surface area contributed by atoms with E-state index in [0.29, 0.717) is 0 Å². The van der Waals surface area contributed by atoms with Gasteiger partial charge in [-0.2, -0.15) is 0 Å². The van der Waals surface area contributed by atoms with Crippen molar-refractivity contribution in [2.24, 2.45) is 0 Å². The van der Waals surface area contributed by atoms with Crippen LogP contribution < -0.4 is 5.32 Å². The Labute approximate surface area is 88.6 Å². The van der Waals surface area contributed by atoms with Crippen molar-refractivity contribution in [1.82, 2.24) is 10.2 Å². The van der Waals surface area contributed by atoms with Gasteiger partial charge in [0.25, 0.3) is 5.91 Å². The van der Waals surface area contributed by atoms with Gasteiger partial charge in [-0.25, -0.2) is 4.79 Å². The Kier molecular flexibility index (Phi) is 5.36. The molecule has 0 rings (SSSR count). The SMILES string of the molecule is CC(=O)NC(C)C(=O)OCC(=O)N(C)C. The van der Waals surface area contributed by atoms with Crippen molar-refractivity contribution in [3.05, 3.63) is 0 Å². The Morgan fingerprint density at radius 3 is 2.27 bits per heavy atom.